The first kappa shape index (κ1) is 22.7. The maximum Gasteiger partial charge on any atom is 0.257 e. The van der Waals surface area contributed by atoms with E-state index in [9.17, 15) is 4.79 Å². The van der Waals surface area contributed by atoms with E-state index in [1.165, 1.54) is 0 Å². The van der Waals surface area contributed by atoms with Crippen molar-refractivity contribution in [1.82, 2.24) is 5.32 Å². The minimum Gasteiger partial charge on any atom is -0.494 e. The van der Waals surface area contributed by atoms with Crippen molar-refractivity contribution in [3.05, 3.63) is 54.1 Å². The van der Waals surface area contributed by atoms with Gasteiger partial charge < -0.3 is 14.8 Å². The molecule has 0 heterocycles. The van der Waals surface area contributed by atoms with Crippen LogP contribution in [-0.4, -0.2) is 23.7 Å². The van der Waals surface area contributed by atoms with Crippen LogP contribution in [0.2, 0.25) is 0 Å². The molecule has 2 aromatic carbocycles. The molecule has 1 atom stereocenters. The molecular weight excluding hydrogens is 384 g/mol. The zero-order valence-corrected chi connectivity index (χ0v) is 18.3. The summed E-state index contributed by atoms with van der Waals surface area (Å²) in [4.78, 5) is 12.4. The fourth-order valence-corrected chi connectivity index (χ4v) is 2.60. The zero-order valence-electron chi connectivity index (χ0n) is 17.5. The number of hydrogen-bond acceptors (Lipinski definition) is 4. The molecule has 1 amide bonds. The van der Waals surface area contributed by atoms with Gasteiger partial charge in [0.2, 0.25) is 0 Å². The first-order chi connectivity index (χ1) is 13.9. The molecule has 0 aromatic heterocycles. The molecule has 0 aliphatic heterocycles. The summed E-state index contributed by atoms with van der Waals surface area (Å²) in [7, 11) is 0. The lowest BCUT2D eigenvalue weighted by Crippen LogP contribution is -2.34. The molecule has 29 heavy (non-hydrogen) atoms. The third-order valence-electron chi connectivity index (χ3n) is 4.33. The van der Waals surface area contributed by atoms with Crippen LogP contribution in [0.4, 0.5) is 5.69 Å². The Morgan fingerprint density at radius 2 is 1.62 bits per heavy atom. The maximum atomic E-state index is 12.4. The van der Waals surface area contributed by atoms with Crippen LogP contribution < -0.4 is 20.1 Å². The Balaban J connectivity index is 1.83. The maximum absolute atomic E-state index is 12.4. The number of benzene rings is 2. The number of thiocarbonyl (C=S) groups is 1. The van der Waals surface area contributed by atoms with Gasteiger partial charge in [0, 0.05) is 11.3 Å². The molecule has 2 N–H and O–H groups in total. The van der Waals surface area contributed by atoms with Crippen LogP contribution in [-0.2, 0) is 0 Å². The van der Waals surface area contributed by atoms with Crippen molar-refractivity contribution in [3.8, 4) is 11.5 Å². The molecule has 0 saturated heterocycles. The van der Waals surface area contributed by atoms with Crippen LogP contribution in [0.5, 0.6) is 11.5 Å². The van der Waals surface area contributed by atoms with Gasteiger partial charge in [0.15, 0.2) is 5.11 Å². The standard InChI is InChI=1S/C23H30N2O3S/c1-5-17(4)28-21-10-6-18(7-11-21)22(26)25-23(29)24-19-8-12-20(13-9-19)27-15-14-16(2)3/h6-13,16-17H,5,14-15H2,1-4H3,(H2,24,25,26,29). The van der Waals surface area contributed by atoms with E-state index in [1.54, 1.807) is 24.3 Å². The Kier molecular flexibility index (Phi) is 8.93. The van der Waals surface area contributed by atoms with Gasteiger partial charge >= 0.3 is 0 Å². The second-order valence-corrected chi connectivity index (χ2v) is 7.73. The topological polar surface area (TPSA) is 59.6 Å². The molecule has 156 valence electrons. The molecular formula is C23H30N2O3S. The van der Waals surface area contributed by atoms with Crippen molar-refractivity contribution in [2.75, 3.05) is 11.9 Å². The van der Waals surface area contributed by atoms with Crippen molar-refractivity contribution < 1.29 is 14.3 Å². The van der Waals surface area contributed by atoms with E-state index in [4.69, 9.17) is 21.7 Å². The van der Waals surface area contributed by atoms with Gasteiger partial charge in [-0.2, -0.15) is 0 Å². The van der Waals surface area contributed by atoms with Gasteiger partial charge in [0.25, 0.3) is 5.91 Å². The molecule has 0 radical (unpaired) electrons. The Bertz CT molecular complexity index is 789. The monoisotopic (exact) mass is 414 g/mol. The van der Waals surface area contributed by atoms with Crippen molar-refractivity contribution in [2.45, 2.75) is 46.6 Å². The molecule has 0 saturated carbocycles. The Hall–Kier alpha value is -2.60. The predicted octanol–water partition coefficient (Wildman–Crippen LogP) is 5.42. The molecule has 1 unspecified atom stereocenters. The molecule has 0 fully saturated rings. The van der Waals surface area contributed by atoms with Gasteiger partial charge in [-0.05, 0) is 86.4 Å². The van der Waals surface area contributed by atoms with E-state index in [2.05, 4.69) is 31.4 Å². The summed E-state index contributed by atoms with van der Waals surface area (Å²) < 4.78 is 11.4. The fourth-order valence-electron chi connectivity index (χ4n) is 2.39. The molecule has 6 heteroatoms. The largest absolute Gasteiger partial charge is 0.494 e. The average Bonchev–Trinajstić information content (AvgIpc) is 2.69. The molecule has 2 rings (SSSR count). The van der Waals surface area contributed by atoms with Crippen LogP contribution in [0.15, 0.2) is 48.5 Å². The number of amides is 1. The Morgan fingerprint density at radius 1 is 1.00 bits per heavy atom. The van der Waals surface area contributed by atoms with Crippen LogP contribution in [0.25, 0.3) is 0 Å². The molecule has 0 aliphatic rings. The summed E-state index contributed by atoms with van der Waals surface area (Å²) in [6, 6.07) is 14.5. The van der Waals surface area contributed by atoms with Crippen molar-refractivity contribution in [1.29, 1.82) is 0 Å². The number of carbonyl (C=O) groups is 1. The number of hydrogen-bond donors (Lipinski definition) is 2. The van der Waals surface area contributed by atoms with Crippen LogP contribution in [0.3, 0.4) is 0 Å². The van der Waals surface area contributed by atoms with E-state index in [1.807, 2.05) is 31.2 Å². The Labute approximate surface area is 178 Å². The normalized spacial score (nSPS) is 11.6. The van der Waals surface area contributed by atoms with E-state index in [0.29, 0.717) is 18.1 Å². The van der Waals surface area contributed by atoms with Crippen LogP contribution in [0, 0.1) is 5.92 Å². The summed E-state index contributed by atoms with van der Waals surface area (Å²) >= 11 is 5.24. The van der Waals surface area contributed by atoms with Gasteiger partial charge in [-0.25, -0.2) is 0 Å². The van der Waals surface area contributed by atoms with Crippen molar-refractivity contribution >= 4 is 28.9 Å². The SMILES string of the molecule is CCC(C)Oc1ccc(C(=O)NC(=S)Nc2ccc(OCCC(C)C)cc2)cc1. The van der Waals surface area contributed by atoms with E-state index < -0.39 is 0 Å². The van der Waals surface area contributed by atoms with Gasteiger partial charge in [0.1, 0.15) is 11.5 Å². The minimum atomic E-state index is -0.272. The summed E-state index contributed by atoms with van der Waals surface area (Å²) in [6.07, 6.45) is 2.08. The fraction of sp³-hybridized carbons (Fsp3) is 0.391. The smallest absolute Gasteiger partial charge is 0.257 e. The number of nitrogens with one attached hydrogen (secondary N) is 2. The molecule has 2 aromatic rings. The number of ether oxygens (including phenoxy) is 2. The number of anilines is 1. The van der Waals surface area contributed by atoms with Crippen LogP contribution in [0.1, 0.15) is 50.9 Å². The Morgan fingerprint density at radius 3 is 2.21 bits per heavy atom. The minimum absolute atomic E-state index is 0.137. The van der Waals surface area contributed by atoms with Gasteiger partial charge in [-0.1, -0.05) is 20.8 Å². The molecule has 0 aliphatic carbocycles. The lowest BCUT2D eigenvalue weighted by Gasteiger charge is -2.13. The number of rotatable bonds is 9. The molecule has 0 bridgehead atoms. The summed E-state index contributed by atoms with van der Waals surface area (Å²) in [5.74, 6) is 1.89. The molecule has 0 spiro atoms. The zero-order chi connectivity index (χ0) is 21.2. The lowest BCUT2D eigenvalue weighted by molar-refractivity contribution is 0.0977. The predicted molar refractivity (Wildman–Crippen MR) is 122 cm³/mol. The van der Waals surface area contributed by atoms with Gasteiger partial charge in [-0.3, -0.25) is 10.1 Å². The van der Waals surface area contributed by atoms with Crippen molar-refractivity contribution in [3.63, 3.8) is 0 Å². The second kappa shape index (κ2) is 11.4. The first-order valence-electron chi connectivity index (χ1n) is 9.99. The summed E-state index contributed by atoms with van der Waals surface area (Å²) in [6.45, 7) is 9.10. The first-order valence-corrected chi connectivity index (χ1v) is 10.4. The highest BCUT2D eigenvalue weighted by atomic mass is 32.1. The summed E-state index contributed by atoms with van der Waals surface area (Å²) in [5, 5.41) is 5.93. The summed E-state index contributed by atoms with van der Waals surface area (Å²) in [5.41, 5.74) is 1.29. The second-order valence-electron chi connectivity index (χ2n) is 7.32. The van der Waals surface area contributed by atoms with E-state index >= 15 is 0 Å². The molecule has 5 nitrogen and oxygen atoms in total. The highest BCUT2D eigenvalue weighted by Gasteiger charge is 2.09. The van der Waals surface area contributed by atoms with E-state index in [0.717, 1.165) is 30.0 Å². The van der Waals surface area contributed by atoms with Gasteiger partial charge in [0.05, 0.1) is 12.7 Å². The van der Waals surface area contributed by atoms with Gasteiger partial charge in [-0.15, -0.1) is 0 Å². The van der Waals surface area contributed by atoms with E-state index in [-0.39, 0.29) is 17.1 Å². The highest BCUT2D eigenvalue weighted by Crippen LogP contribution is 2.17. The highest BCUT2D eigenvalue weighted by molar-refractivity contribution is 7.80. The lowest BCUT2D eigenvalue weighted by atomic mass is 10.1. The van der Waals surface area contributed by atoms with Crippen molar-refractivity contribution in [2.24, 2.45) is 5.92 Å². The van der Waals surface area contributed by atoms with Crippen LogP contribution >= 0.6 is 12.2 Å². The quantitative estimate of drug-likeness (QED) is 0.537. The number of carbonyl (C=O) groups excluding carboxylic acids is 1. The third-order valence-corrected chi connectivity index (χ3v) is 4.54. The third kappa shape index (κ3) is 8.11. The average molecular weight is 415 g/mol.